The summed E-state index contributed by atoms with van der Waals surface area (Å²) in [5.41, 5.74) is 2.43. The molecule has 0 bridgehead atoms. The second-order valence-electron chi connectivity index (χ2n) is 6.14. The average molecular weight is 418 g/mol. The quantitative estimate of drug-likeness (QED) is 0.462. The molecule has 0 radical (unpaired) electrons. The smallest absolute Gasteiger partial charge is 0.251 e. The molecule has 0 saturated carbocycles. The van der Waals surface area contributed by atoms with Gasteiger partial charge in [-0.05, 0) is 42.3 Å². The van der Waals surface area contributed by atoms with Crippen LogP contribution in [0.1, 0.15) is 16.8 Å². The van der Waals surface area contributed by atoms with Gasteiger partial charge in [-0.2, -0.15) is 0 Å². The number of nitrogens with zero attached hydrogens (tertiary/aromatic N) is 1. The Hall–Kier alpha value is -2.64. The molecule has 0 spiro atoms. The largest absolute Gasteiger partial charge is 0.325 e. The fourth-order valence-electron chi connectivity index (χ4n) is 2.46. The number of aromatic amines is 1. The molecule has 1 aromatic heterocycles. The van der Waals surface area contributed by atoms with E-state index in [9.17, 15) is 14.0 Å². The van der Waals surface area contributed by atoms with Crippen LogP contribution in [0.25, 0.3) is 0 Å². The molecule has 3 aromatic rings. The van der Waals surface area contributed by atoms with Gasteiger partial charge in [0.15, 0.2) is 5.16 Å². The molecule has 1 amide bonds. The zero-order valence-corrected chi connectivity index (χ0v) is 16.5. The van der Waals surface area contributed by atoms with Gasteiger partial charge >= 0.3 is 0 Å². The van der Waals surface area contributed by atoms with Crippen LogP contribution in [0, 0.1) is 12.7 Å². The lowest BCUT2D eigenvalue weighted by Crippen LogP contribution is -2.18. The van der Waals surface area contributed by atoms with Crippen LogP contribution < -0.4 is 10.9 Å². The van der Waals surface area contributed by atoms with Gasteiger partial charge in [-0.15, -0.1) is 0 Å². The number of hydrogen-bond acceptors (Lipinski definition) is 4. The second kappa shape index (κ2) is 9.03. The van der Waals surface area contributed by atoms with Crippen molar-refractivity contribution in [2.45, 2.75) is 24.3 Å². The van der Waals surface area contributed by atoms with Crippen molar-refractivity contribution in [3.63, 3.8) is 0 Å². The Labute approximate surface area is 170 Å². The standard InChI is InChI=1S/C20H17ClFN3O2S/c1-12-2-5-14(21)8-17(12)24-18(26)9-16-10-19(27)25-20(23-16)28-11-13-3-6-15(22)7-4-13/h2-8,10H,9,11H2,1H3,(H,24,26)(H,23,25,27). The number of thioether (sulfide) groups is 1. The van der Waals surface area contributed by atoms with Crippen LogP contribution in [0.2, 0.25) is 5.02 Å². The van der Waals surface area contributed by atoms with Gasteiger partial charge < -0.3 is 10.3 Å². The molecule has 0 aliphatic rings. The number of carbonyl (C=O) groups excluding carboxylic acids is 1. The Morgan fingerprint density at radius 3 is 2.71 bits per heavy atom. The number of benzene rings is 2. The third-order valence-electron chi connectivity index (χ3n) is 3.88. The first-order chi connectivity index (χ1) is 13.4. The van der Waals surface area contributed by atoms with Crippen LogP contribution in [-0.4, -0.2) is 15.9 Å². The van der Waals surface area contributed by atoms with Crippen LogP contribution in [0.4, 0.5) is 10.1 Å². The predicted octanol–water partition coefficient (Wildman–Crippen LogP) is 4.34. The summed E-state index contributed by atoms with van der Waals surface area (Å²) in [6, 6.07) is 12.6. The van der Waals surface area contributed by atoms with Gasteiger partial charge in [0.1, 0.15) is 5.82 Å². The monoisotopic (exact) mass is 417 g/mol. The zero-order chi connectivity index (χ0) is 20.1. The van der Waals surface area contributed by atoms with E-state index in [0.29, 0.717) is 27.3 Å². The molecule has 8 heteroatoms. The molecule has 0 aliphatic carbocycles. The molecule has 2 aromatic carbocycles. The minimum Gasteiger partial charge on any atom is -0.325 e. The summed E-state index contributed by atoms with van der Waals surface area (Å²) in [5.74, 6) is -0.0817. The maximum absolute atomic E-state index is 13.0. The highest BCUT2D eigenvalue weighted by molar-refractivity contribution is 7.98. The fourth-order valence-corrected chi connectivity index (χ4v) is 3.48. The summed E-state index contributed by atoms with van der Waals surface area (Å²) < 4.78 is 13.0. The number of aromatic nitrogens is 2. The van der Waals surface area contributed by atoms with Gasteiger partial charge in [-0.3, -0.25) is 9.59 Å². The highest BCUT2D eigenvalue weighted by Crippen LogP contribution is 2.21. The molecular formula is C20H17ClFN3O2S. The molecule has 0 aliphatic heterocycles. The number of anilines is 1. The van der Waals surface area contributed by atoms with E-state index in [1.807, 2.05) is 13.0 Å². The van der Waals surface area contributed by atoms with Crippen molar-refractivity contribution in [1.29, 1.82) is 0 Å². The van der Waals surface area contributed by atoms with Crippen molar-refractivity contribution in [1.82, 2.24) is 9.97 Å². The molecule has 0 atom stereocenters. The molecular weight excluding hydrogens is 401 g/mol. The van der Waals surface area contributed by atoms with Crippen molar-refractivity contribution in [2.24, 2.45) is 0 Å². The highest BCUT2D eigenvalue weighted by Gasteiger charge is 2.10. The maximum atomic E-state index is 13.0. The number of aryl methyl sites for hydroxylation is 1. The van der Waals surface area contributed by atoms with Crippen molar-refractivity contribution < 1.29 is 9.18 Å². The molecule has 0 unspecified atom stereocenters. The molecule has 28 heavy (non-hydrogen) atoms. The SMILES string of the molecule is Cc1ccc(Cl)cc1NC(=O)Cc1cc(=O)[nH]c(SCc2ccc(F)cc2)n1. The molecule has 144 valence electrons. The molecule has 0 saturated heterocycles. The van der Waals surface area contributed by atoms with Gasteiger partial charge in [0.2, 0.25) is 5.91 Å². The summed E-state index contributed by atoms with van der Waals surface area (Å²) in [4.78, 5) is 31.2. The number of hydrogen-bond donors (Lipinski definition) is 2. The van der Waals surface area contributed by atoms with E-state index in [-0.39, 0.29) is 23.7 Å². The molecule has 3 rings (SSSR count). The first-order valence-corrected chi connectivity index (χ1v) is 9.79. The van der Waals surface area contributed by atoms with E-state index in [1.165, 1.54) is 30.0 Å². The number of amides is 1. The van der Waals surface area contributed by atoms with Crippen molar-refractivity contribution in [2.75, 3.05) is 5.32 Å². The number of halogens is 2. The van der Waals surface area contributed by atoms with E-state index in [0.717, 1.165) is 11.1 Å². The predicted molar refractivity (Wildman–Crippen MR) is 109 cm³/mol. The second-order valence-corrected chi connectivity index (χ2v) is 7.54. The van der Waals surface area contributed by atoms with Crippen LogP contribution in [0.5, 0.6) is 0 Å². The summed E-state index contributed by atoms with van der Waals surface area (Å²) in [6.07, 6.45) is -0.0417. The first kappa shape index (κ1) is 20.1. The van der Waals surface area contributed by atoms with Crippen LogP contribution in [0.15, 0.2) is 58.5 Å². The van der Waals surface area contributed by atoms with Gasteiger partial charge in [0.05, 0.1) is 12.1 Å². The summed E-state index contributed by atoms with van der Waals surface area (Å²) >= 11 is 7.27. The summed E-state index contributed by atoms with van der Waals surface area (Å²) in [6.45, 7) is 1.86. The Balaban J connectivity index is 1.67. The molecule has 1 heterocycles. The molecule has 0 fully saturated rings. The maximum Gasteiger partial charge on any atom is 0.251 e. The van der Waals surface area contributed by atoms with Crippen molar-refractivity contribution in [3.8, 4) is 0 Å². The third kappa shape index (κ3) is 5.68. The van der Waals surface area contributed by atoms with E-state index < -0.39 is 0 Å². The summed E-state index contributed by atoms with van der Waals surface area (Å²) in [5, 5.41) is 3.71. The summed E-state index contributed by atoms with van der Waals surface area (Å²) in [7, 11) is 0. The van der Waals surface area contributed by atoms with Crippen molar-refractivity contribution >= 4 is 35.0 Å². The Morgan fingerprint density at radius 2 is 1.96 bits per heavy atom. The molecule has 5 nitrogen and oxygen atoms in total. The minimum absolute atomic E-state index is 0.0417. The van der Waals surface area contributed by atoms with Crippen LogP contribution in [-0.2, 0) is 17.0 Å². The first-order valence-electron chi connectivity index (χ1n) is 8.42. The van der Waals surface area contributed by atoms with E-state index in [2.05, 4.69) is 15.3 Å². The zero-order valence-electron chi connectivity index (χ0n) is 15.0. The lowest BCUT2D eigenvalue weighted by atomic mass is 10.2. The molecule has 2 N–H and O–H groups in total. The average Bonchev–Trinajstić information content (AvgIpc) is 2.64. The van der Waals surface area contributed by atoms with E-state index >= 15 is 0 Å². The fraction of sp³-hybridized carbons (Fsp3) is 0.150. The highest BCUT2D eigenvalue weighted by atomic mass is 35.5. The van der Waals surface area contributed by atoms with Crippen LogP contribution in [0.3, 0.4) is 0 Å². The third-order valence-corrected chi connectivity index (χ3v) is 5.06. The topological polar surface area (TPSA) is 74.8 Å². The van der Waals surface area contributed by atoms with E-state index in [1.54, 1.807) is 24.3 Å². The lowest BCUT2D eigenvalue weighted by Gasteiger charge is -2.09. The van der Waals surface area contributed by atoms with Gasteiger partial charge in [-0.1, -0.05) is 41.6 Å². The van der Waals surface area contributed by atoms with Gasteiger partial charge in [-0.25, -0.2) is 9.37 Å². The number of rotatable bonds is 6. The van der Waals surface area contributed by atoms with Gasteiger partial charge in [0.25, 0.3) is 5.56 Å². The van der Waals surface area contributed by atoms with Crippen molar-refractivity contribution in [3.05, 3.63) is 86.5 Å². The van der Waals surface area contributed by atoms with E-state index in [4.69, 9.17) is 11.6 Å². The Morgan fingerprint density at radius 1 is 1.21 bits per heavy atom. The minimum atomic E-state index is -0.335. The Kier molecular flexibility index (Phi) is 6.49. The normalized spacial score (nSPS) is 10.7. The lowest BCUT2D eigenvalue weighted by molar-refractivity contribution is -0.115. The number of H-pyrrole nitrogens is 1. The Bertz CT molecular complexity index is 1050. The number of carbonyl (C=O) groups is 1. The van der Waals surface area contributed by atoms with Crippen LogP contribution >= 0.6 is 23.4 Å². The number of nitrogens with one attached hydrogen (secondary N) is 2. The van der Waals surface area contributed by atoms with Gasteiger partial charge in [0, 0.05) is 22.5 Å².